The molecule has 2 aromatic heterocycles. The van der Waals surface area contributed by atoms with Crippen LogP contribution in [-0.2, 0) is 6.42 Å². The highest BCUT2D eigenvalue weighted by atomic mass is 35.5. The molecule has 0 bridgehead atoms. The number of hydrogen-bond acceptors (Lipinski definition) is 5. The largest absolute Gasteiger partial charge is 0.309 e. The zero-order valence-electron chi connectivity index (χ0n) is 8.81. The van der Waals surface area contributed by atoms with Crippen molar-refractivity contribution in [3.05, 3.63) is 33.2 Å². The Bertz CT molecular complexity index is 427. The minimum atomic E-state index is 0.235. The maximum Gasteiger partial charge on any atom is 0.0931 e. The maximum absolute atomic E-state index is 5.92. The van der Waals surface area contributed by atoms with Crippen molar-refractivity contribution in [3.8, 4) is 0 Å². The fourth-order valence-corrected chi connectivity index (χ4v) is 3.12. The van der Waals surface area contributed by atoms with E-state index < -0.39 is 0 Å². The van der Waals surface area contributed by atoms with Crippen molar-refractivity contribution in [2.75, 3.05) is 6.54 Å². The van der Waals surface area contributed by atoms with Gasteiger partial charge < -0.3 is 5.32 Å². The van der Waals surface area contributed by atoms with Crippen LogP contribution in [0.3, 0.4) is 0 Å². The van der Waals surface area contributed by atoms with Gasteiger partial charge in [-0.05, 0) is 18.7 Å². The maximum atomic E-state index is 5.92. The molecule has 0 amide bonds. The first-order valence-electron chi connectivity index (χ1n) is 5.04. The summed E-state index contributed by atoms with van der Waals surface area (Å²) in [6.45, 7) is 3.01. The Kier molecular flexibility index (Phi) is 4.29. The Morgan fingerprint density at radius 2 is 2.38 bits per heavy atom. The molecule has 0 saturated heterocycles. The number of rotatable bonds is 5. The number of hydrogen-bond donors (Lipinski definition) is 1. The average Bonchev–Trinajstić information content (AvgIpc) is 2.88. The molecule has 0 spiro atoms. The number of aromatic nitrogens is 2. The van der Waals surface area contributed by atoms with Crippen molar-refractivity contribution in [2.24, 2.45) is 0 Å². The van der Waals surface area contributed by atoms with Gasteiger partial charge in [0.15, 0.2) is 0 Å². The predicted molar refractivity (Wildman–Crippen MR) is 69.4 cm³/mol. The van der Waals surface area contributed by atoms with Gasteiger partial charge >= 0.3 is 0 Å². The number of halogens is 1. The summed E-state index contributed by atoms with van der Waals surface area (Å²) in [6, 6.07) is 4.24. The van der Waals surface area contributed by atoms with E-state index in [1.54, 1.807) is 11.3 Å². The molecule has 0 aliphatic carbocycles. The summed E-state index contributed by atoms with van der Waals surface area (Å²) in [5.41, 5.74) is 1.01. The molecule has 1 atom stereocenters. The lowest BCUT2D eigenvalue weighted by Gasteiger charge is -2.13. The lowest BCUT2D eigenvalue weighted by atomic mass is 10.1. The first kappa shape index (κ1) is 12.0. The van der Waals surface area contributed by atoms with Crippen LogP contribution in [0.5, 0.6) is 0 Å². The fraction of sp³-hybridized carbons (Fsp3) is 0.400. The van der Waals surface area contributed by atoms with Crippen molar-refractivity contribution in [2.45, 2.75) is 19.4 Å². The van der Waals surface area contributed by atoms with E-state index >= 15 is 0 Å². The number of nitrogens with one attached hydrogen (secondary N) is 1. The van der Waals surface area contributed by atoms with Gasteiger partial charge in [0.2, 0.25) is 0 Å². The first-order chi connectivity index (χ1) is 7.79. The lowest BCUT2D eigenvalue weighted by Crippen LogP contribution is -2.22. The highest BCUT2D eigenvalue weighted by molar-refractivity contribution is 7.16. The van der Waals surface area contributed by atoms with E-state index in [2.05, 4.69) is 27.1 Å². The molecule has 0 saturated carbocycles. The molecule has 0 radical (unpaired) electrons. The third-order valence-corrected chi connectivity index (χ3v) is 3.97. The second-order valence-electron chi connectivity index (χ2n) is 3.35. The second-order valence-corrected chi connectivity index (χ2v) is 5.71. The molecule has 0 aliphatic heterocycles. The Morgan fingerprint density at radius 3 is 2.94 bits per heavy atom. The molecule has 16 heavy (non-hydrogen) atoms. The fourth-order valence-electron chi connectivity index (χ4n) is 1.52. The summed E-state index contributed by atoms with van der Waals surface area (Å²) < 4.78 is 9.15. The number of thiophene rings is 1. The minimum absolute atomic E-state index is 0.235. The van der Waals surface area contributed by atoms with Crippen molar-refractivity contribution < 1.29 is 0 Å². The molecule has 1 unspecified atom stereocenters. The van der Waals surface area contributed by atoms with Gasteiger partial charge in [0, 0.05) is 11.3 Å². The standard InChI is InChI=1S/C10H12ClN3S2/c1-2-12-8(9-6-13-16-14-9)5-7-3-4-10(11)15-7/h3-4,6,8,12H,2,5H2,1H3. The highest BCUT2D eigenvalue weighted by Gasteiger charge is 2.14. The van der Waals surface area contributed by atoms with Crippen molar-refractivity contribution >= 4 is 34.7 Å². The Labute approximate surface area is 108 Å². The topological polar surface area (TPSA) is 37.8 Å². The van der Waals surface area contributed by atoms with Gasteiger partial charge in [-0.2, -0.15) is 8.75 Å². The third-order valence-electron chi connectivity index (χ3n) is 2.22. The predicted octanol–water partition coefficient (Wildman–Crippen LogP) is 3.15. The SMILES string of the molecule is CCNC(Cc1ccc(Cl)s1)c1cnsn1. The van der Waals surface area contributed by atoms with E-state index in [1.807, 2.05) is 12.3 Å². The molecule has 0 fully saturated rings. The molecule has 1 N–H and O–H groups in total. The van der Waals surface area contributed by atoms with Crippen molar-refractivity contribution in [1.82, 2.24) is 14.1 Å². The van der Waals surface area contributed by atoms with Crippen LogP contribution in [0.1, 0.15) is 23.5 Å². The van der Waals surface area contributed by atoms with E-state index in [4.69, 9.17) is 11.6 Å². The van der Waals surface area contributed by atoms with Gasteiger partial charge in [0.25, 0.3) is 0 Å². The molecule has 86 valence electrons. The number of nitrogens with zero attached hydrogens (tertiary/aromatic N) is 2. The van der Waals surface area contributed by atoms with Gasteiger partial charge in [0.05, 0.1) is 34.0 Å². The van der Waals surface area contributed by atoms with Gasteiger partial charge in [-0.3, -0.25) is 0 Å². The van der Waals surface area contributed by atoms with E-state index in [9.17, 15) is 0 Å². The van der Waals surface area contributed by atoms with Crippen LogP contribution in [0.2, 0.25) is 4.34 Å². The molecule has 2 heterocycles. The summed E-state index contributed by atoms with van der Waals surface area (Å²) in [6.07, 6.45) is 2.74. The molecular weight excluding hydrogens is 262 g/mol. The molecule has 6 heteroatoms. The average molecular weight is 274 g/mol. The first-order valence-corrected chi connectivity index (χ1v) is 6.97. The molecule has 3 nitrogen and oxygen atoms in total. The molecular formula is C10H12ClN3S2. The lowest BCUT2D eigenvalue weighted by molar-refractivity contribution is 0.543. The zero-order valence-corrected chi connectivity index (χ0v) is 11.2. The van der Waals surface area contributed by atoms with E-state index in [0.717, 1.165) is 23.0 Å². The van der Waals surface area contributed by atoms with Gasteiger partial charge in [0.1, 0.15) is 0 Å². The van der Waals surface area contributed by atoms with E-state index in [-0.39, 0.29) is 6.04 Å². The monoisotopic (exact) mass is 273 g/mol. The van der Waals surface area contributed by atoms with Crippen molar-refractivity contribution in [1.29, 1.82) is 0 Å². The summed E-state index contributed by atoms with van der Waals surface area (Å²) in [5, 5.41) is 3.41. The van der Waals surface area contributed by atoms with Crippen LogP contribution in [0, 0.1) is 0 Å². The van der Waals surface area contributed by atoms with Gasteiger partial charge in [-0.1, -0.05) is 18.5 Å². The summed E-state index contributed by atoms with van der Waals surface area (Å²) in [4.78, 5) is 1.27. The van der Waals surface area contributed by atoms with Crippen LogP contribution >= 0.6 is 34.7 Å². The van der Waals surface area contributed by atoms with Gasteiger partial charge in [-0.25, -0.2) is 0 Å². The molecule has 0 aromatic carbocycles. The van der Waals surface area contributed by atoms with Crippen LogP contribution in [0.25, 0.3) is 0 Å². The van der Waals surface area contributed by atoms with Crippen LogP contribution < -0.4 is 5.32 Å². The summed E-state index contributed by atoms with van der Waals surface area (Å²) in [5.74, 6) is 0. The summed E-state index contributed by atoms with van der Waals surface area (Å²) >= 11 is 8.78. The third kappa shape index (κ3) is 3.01. The zero-order chi connectivity index (χ0) is 11.4. The molecule has 0 aliphatic rings. The van der Waals surface area contributed by atoms with Crippen LogP contribution in [0.15, 0.2) is 18.3 Å². The van der Waals surface area contributed by atoms with Crippen LogP contribution in [0.4, 0.5) is 0 Å². The minimum Gasteiger partial charge on any atom is -0.309 e. The van der Waals surface area contributed by atoms with E-state index in [0.29, 0.717) is 0 Å². The van der Waals surface area contributed by atoms with E-state index in [1.165, 1.54) is 16.6 Å². The Morgan fingerprint density at radius 1 is 1.50 bits per heavy atom. The smallest absolute Gasteiger partial charge is 0.0931 e. The Balaban J connectivity index is 2.09. The van der Waals surface area contributed by atoms with Gasteiger partial charge in [-0.15, -0.1) is 11.3 Å². The number of likely N-dealkylation sites (N-methyl/N-ethyl adjacent to an activating group) is 1. The Hall–Kier alpha value is -0.490. The van der Waals surface area contributed by atoms with Crippen LogP contribution in [-0.4, -0.2) is 15.3 Å². The highest BCUT2D eigenvalue weighted by Crippen LogP contribution is 2.26. The molecule has 2 aromatic rings. The molecule has 2 rings (SSSR count). The second kappa shape index (κ2) is 5.72. The summed E-state index contributed by atoms with van der Waals surface area (Å²) in [7, 11) is 0. The quantitative estimate of drug-likeness (QED) is 0.909. The normalized spacial score (nSPS) is 12.9. The van der Waals surface area contributed by atoms with Crippen molar-refractivity contribution in [3.63, 3.8) is 0 Å².